The first-order valence-corrected chi connectivity index (χ1v) is 9.87. The highest BCUT2D eigenvalue weighted by Crippen LogP contribution is 2.42. The Morgan fingerprint density at radius 1 is 1.25 bits per heavy atom. The molecule has 0 bridgehead atoms. The maximum absolute atomic E-state index is 12.9. The summed E-state index contributed by atoms with van der Waals surface area (Å²) in [7, 11) is 0. The highest BCUT2D eigenvalue weighted by molar-refractivity contribution is 6.45. The number of hydrogen-bond donors (Lipinski definition) is 1. The van der Waals surface area contributed by atoms with Crippen molar-refractivity contribution in [2.45, 2.75) is 19.2 Å². The Bertz CT molecular complexity index is 1040. The van der Waals surface area contributed by atoms with E-state index in [1.54, 1.807) is 12.3 Å². The highest BCUT2D eigenvalue weighted by atomic mass is 35.5. The molecule has 1 saturated heterocycles. The monoisotopic (exact) mass is 420 g/mol. The quantitative estimate of drug-likeness (QED) is 0.691. The second-order valence-electron chi connectivity index (χ2n) is 6.91. The number of carbonyl (C=O) groups is 1. The molecule has 146 valence electrons. The van der Waals surface area contributed by atoms with Crippen LogP contribution in [0.15, 0.2) is 24.5 Å². The average molecular weight is 421 g/mol. The molecule has 5 rings (SSSR count). The van der Waals surface area contributed by atoms with Gasteiger partial charge in [0.25, 0.3) is 5.91 Å². The van der Waals surface area contributed by atoms with Gasteiger partial charge in [0.15, 0.2) is 6.10 Å². The number of amides is 1. The number of H-pyrrole nitrogens is 1. The van der Waals surface area contributed by atoms with Crippen LogP contribution in [0.3, 0.4) is 0 Å². The number of nitrogens with zero attached hydrogens (tertiary/aromatic N) is 3. The molecule has 1 aromatic carbocycles. The summed E-state index contributed by atoms with van der Waals surface area (Å²) in [4.78, 5) is 14.8. The fourth-order valence-electron chi connectivity index (χ4n) is 4.05. The first kappa shape index (κ1) is 18.0. The average Bonchev–Trinajstić information content (AvgIpc) is 3.36. The van der Waals surface area contributed by atoms with Crippen LogP contribution in [0.25, 0.3) is 22.0 Å². The third-order valence-corrected chi connectivity index (χ3v) is 6.14. The molecule has 2 aromatic heterocycles. The number of hydrogen-bond acceptors (Lipinski definition) is 4. The van der Waals surface area contributed by atoms with E-state index >= 15 is 0 Å². The molecule has 2 aliphatic rings. The van der Waals surface area contributed by atoms with Gasteiger partial charge >= 0.3 is 0 Å². The van der Waals surface area contributed by atoms with Crippen LogP contribution in [0.2, 0.25) is 10.0 Å². The predicted octanol–water partition coefficient (Wildman–Crippen LogP) is 3.10. The van der Waals surface area contributed by atoms with Gasteiger partial charge in [0.05, 0.1) is 48.1 Å². The SMILES string of the molecule is O=C([C@@H]1COCCO1)N1CCn2c(c(-c3cn[nH]c3)c3ccc(Cl)c(Cl)c32)C1. The first-order valence-electron chi connectivity index (χ1n) is 9.11. The second kappa shape index (κ2) is 7.08. The van der Waals surface area contributed by atoms with Gasteiger partial charge in [0.2, 0.25) is 0 Å². The van der Waals surface area contributed by atoms with Gasteiger partial charge in [-0.25, -0.2) is 0 Å². The predicted molar refractivity (Wildman–Crippen MR) is 106 cm³/mol. The van der Waals surface area contributed by atoms with Gasteiger partial charge in [-0.1, -0.05) is 29.3 Å². The van der Waals surface area contributed by atoms with E-state index in [2.05, 4.69) is 14.8 Å². The zero-order chi connectivity index (χ0) is 19.3. The third-order valence-electron chi connectivity index (χ3n) is 5.35. The Hall–Kier alpha value is -2.06. The molecular formula is C19H18Cl2N4O3. The Kier molecular flexibility index (Phi) is 4.55. The number of aromatic amines is 1. The lowest BCUT2D eigenvalue weighted by atomic mass is 10.0. The van der Waals surface area contributed by atoms with E-state index in [4.69, 9.17) is 32.7 Å². The van der Waals surface area contributed by atoms with Gasteiger partial charge in [0.1, 0.15) is 0 Å². The van der Waals surface area contributed by atoms with Gasteiger partial charge in [-0.2, -0.15) is 5.10 Å². The Morgan fingerprint density at radius 3 is 2.89 bits per heavy atom. The highest BCUT2D eigenvalue weighted by Gasteiger charge is 2.33. The van der Waals surface area contributed by atoms with Crippen molar-refractivity contribution in [1.82, 2.24) is 19.7 Å². The molecule has 1 amide bonds. The molecule has 3 aromatic rings. The lowest BCUT2D eigenvalue weighted by Crippen LogP contribution is -2.47. The van der Waals surface area contributed by atoms with Crippen LogP contribution in [0, 0.1) is 0 Å². The molecule has 2 aliphatic heterocycles. The molecule has 28 heavy (non-hydrogen) atoms. The number of halogens is 2. The number of aromatic nitrogens is 3. The molecule has 4 heterocycles. The zero-order valence-electron chi connectivity index (χ0n) is 15.0. The Labute approximate surface area is 171 Å². The second-order valence-corrected chi connectivity index (χ2v) is 7.70. The van der Waals surface area contributed by atoms with Crippen molar-refractivity contribution in [2.75, 3.05) is 26.4 Å². The number of rotatable bonds is 2. The van der Waals surface area contributed by atoms with Crippen molar-refractivity contribution in [3.8, 4) is 11.1 Å². The van der Waals surface area contributed by atoms with Crippen LogP contribution < -0.4 is 0 Å². The molecule has 0 radical (unpaired) electrons. The molecular weight excluding hydrogens is 403 g/mol. The third kappa shape index (κ3) is 2.81. The van der Waals surface area contributed by atoms with Gasteiger partial charge in [-0.05, 0) is 6.07 Å². The van der Waals surface area contributed by atoms with Gasteiger partial charge < -0.3 is 18.9 Å². The molecule has 7 nitrogen and oxygen atoms in total. The smallest absolute Gasteiger partial charge is 0.254 e. The molecule has 0 aliphatic carbocycles. The largest absolute Gasteiger partial charge is 0.376 e. The number of ether oxygens (including phenoxy) is 2. The minimum atomic E-state index is -0.542. The van der Waals surface area contributed by atoms with Crippen LogP contribution in [0.4, 0.5) is 0 Å². The van der Waals surface area contributed by atoms with E-state index in [1.807, 2.05) is 17.2 Å². The molecule has 0 spiro atoms. The van der Waals surface area contributed by atoms with Crippen LogP contribution in [0.5, 0.6) is 0 Å². The van der Waals surface area contributed by atoms with Crippen molar-refractivity contribution >= 4 is 40.0 Å². The maximum atomic E-state index is 12.9. The number of carbonyl (C=O) groups excluding carboxylic acids is 1. The fraction of sp³-hybridized carbons (Fsp3) is 0.368. The summed E-state index contributed by atoms with van der Waals surface area (Å²) in [5, 5.41) is 8.99. The Balaban J connectivity index is 1.61. The summed E-state index contributed by atoms with van der Waals surface area (Å²) in [6.45, 7) is 2.93. The van der Waals surface area contributed by atoms with E-state index in [1.165, 1.54) is 0 Å². The lowest BCUT2D eigenvalue weighted by molar-refractivity contribution is -0.159. The normalized spacial score (nSPS) is 19.8. The summed E-state index contributed by atoms with van der Waals surface area (Å²) in [5.74, 6) is -0.0431. The number of benzene rings is 1. The summed E-state index contributed by atoms with van der Waals surface area (Å²) >= 11 is 12.9. The minimum Gasteiger partial charge on any atom is -0.376 e. The van der Waals surface area contributed by atoms with Crippen LogP contribution in [0.1, 0.15) is 5.69 Å². The minimum absolute atomic E-state index is 0.0431. The maximum Gasteiger partial charge on any atom is 0.254 e. The Morgan fingerprint density at radius 2 is 2.14 bits per heavy atom. The molecule has 1 fully saturated rings. The topological polar surface area (TPSA) is 72.4 Å². The standard InChI is InChI=1S/C19H18Cl2N4O3/c20-13-2-1-12-16(11-7-22-23-8-11)14-9-24(3-4-25(14)18(12)17(13)21)19(26)15-10-27-5-6-28-15/h1-2,7-8,15H,3-6,9-10H2,(H,22,23)/t15-/m0/s1. The summed E-state index contributed by atoms with van der Waals surface area (Å²) < 4.78 is 13.2. The molecule has 9 heteroatoms. The van der Waals surface area contributed by atoms with Gasteiger partial charge in [-0.15, -0.1) is 0 Å². The van der Waals surface area contributed by atoms with Crippen molar-refractivity contribution in [3.05, 3.63) is 40.3 Å². The van der Waals surface area contributed by atoms with Crippen molar-refractivity contribution in [1.29, 1.82) is 0 Å². The molecule has 0 unspecified atom stereocenters. The fourth-order valence-corrected chi connectivity index (χ4v) is 4.47. The van der Waals surface area contributed by atoms with Crippen LogP contribution in [-0.4, -0.2) is 58.0 Å². The van der Waals surface area contributed by atoms with E-state index in [9.17, 15) is 4.79 Å². The van der Waals surface area contributed by atoms with Gasteiger partial charge in [0, 0.05) is 41.5 Å². The summed E-state index contributed by atoms with van der Waals surface area (Å²) in [6, 6.07) is 3.78. The first-order chi connectivity index (χ1) is 13.6. The zero-order valence-corrected chi connectivity index (χ0v) is 16.5. The van der Waals surface area contributed by atoms with E-state index < -0.39 is 6.10 Å². The molecule has 1 atom stereocenters. The summed E-state index contributed by atoms with van der Waals surface area (Å²) in [6.07, 6.45) is 3.08. The van der Waals surface area contributed by atoms with Crippen LogP contribution in [-0.2, 0) is 27.4 Å². The van der Waals surface area contributed by atoms with E-state index in [-0.39, 0.29) is 5.91 Å². The summed E-state index contributed by atoms with van der Waals surface area (Å²) in [5.41, 5.74) is 3.87. The number of fused-ring (bicyclic) bond motifs is 3. The lowest BCUT2D eigenvalue weighted by Gasteiger charge is -2.33. The van der Waals surface area contributed by atoms with Crippen molar-refractivity contribution in [2.24, 2.45) is 0 Å². The molecule has 1 N–H and O–H groups in total. The van der Waals surface area contributed by atoms with Crippen molar-refractivity contribution in [3.63, 3.8) is 0 Å². The number of nitrogens with one attached hydrogen (secondary N) is 1. The van der Waals surface area contributed by atoms with E-state index in [0.29, 0.717) is 49.5 Å². The molecule has 0 saturated carbocycles. The van der Waals surface area contributed by atoms with E-state index in [0.717, 1.165) is 27.7 Å². The van der Waals surface area contributed by atoms with Crippen LogP contribution >= 0.6 is 23.2 Å². The van der Waals surface area contributed by atoms with Crippen molar-refractivity contribution < 1.29 is 14.3 Å². The van der Waals surface area contributed by atoms with Gasteiger partial charge in [-0.3, -0.25) is 9.89 Å².